The van der Waals surface area contributed by atoms with Gasteiger partial charge in [-0.2, -0.15) is 0 Å². The van der Waals surface area contributed by atoms with Crippen molar-refractivity contribution in [2.24, 2.45) is 5.92 Å². The molecule has 25 heavy (non-hydrogen) atoms. The number of fused-ring (bicyclic) bond motifs is 2. The molecule has 2 aliphatic heterocycles. The van der Waals surface area contributed by atoms with Gasteiger partial charge in [-0.05, 0) is 55.1 Å². The quantitative estimate of drug-likeness (QED) is 0.875. The third-order valence-corrected chi connectivity index (χ3v) is 6.48. The van der Waals surface area contributed by atoms with Gasteiger partial charge in [0.15, 0.2) is 0 Å². The van der Waals surface area contributed by atoms with Crippen LogP contribution in [0, 0.1) is 5.92 Å². The van der Waals surface area contributed by atoms with Crippen molar-refractivity contribution in [3.05, 3.63) is 35.4 Å². The third kappa shape index (κ3) is 3.73. The highest BCUT2D eigenvalue weighted by molar-refractivity contribution is 5.85. The lowest BCUT2D eigenvalue weighted by Crippen LogP contribution is -2.49. The summed E-state index contributed by atoms with van der Waals surface area (Å²) in [4.78, 5) is 15.0. The highest BCUT2D eigenvalue weighted by atomic mass is 35.5. The van der Waals surface area contributed by atoms with Crippen molar-refractivity contribution in [1.29, 1.82) is 0 Å². The molecule has 4 rings (SSSR count). The van der Waals surface area contributed by atoms with Crippen molar-refractivity contribution in [2.45, 2.75) is 75.9 Å². The molecule has 3 nitrogen and oxygen atoms in total. The molecule has 1 saturated carbocycles. The van der Waals surface area contributed by atoms with E-state index in [2.05, 4.69) is 48.3 Å². The predicted octanol–water partition coefficient (Wildman–Crippen LogP) is 4.08. The zero-order valence-corrected chi connectivity index (χ0v) is 16.4. The fraction of sp³-hybridized carbons (Fsp3) is 0.667. The number of hydrogen-bond acceptors (Lipinski definition) is 2. The van der Waals surface area contributed by atoms with Gasteiger partial charge in [0.25, 0.3) is 0 Å². The third-order valence-electron chi connectivity index (χ3n) is 6.48. The molecule has 1 aromatic carbocycles. The number of rotatable bonds is 4. The van der Waals surface area contributed by atoms with Gasteiger partial charge in [0.1, 0.15) is 0 Å². The van der Waals surface area contributed by atoms with E-state index in [4.69, 9.17) is 0 Å². The number of hydrogen-bond donors (Lipinski definition) is 1. The first-order chi connectivity index (χ1) is 11.5. The van der Waals surface area contributed by atoms with E-state index in [1.54, 1.807) is 0 Å². The van der Waals surface area contributed by atoms with Gasteiger partial charge in [-0.1, -0.05) is 38.1 Å². The van der Waals surface area contributed by atoms with Crippen LogP contribution in [0.25, 0.3) is 0 Å². The zero-order valence-electron chi connectivity index (χ0n) is 15.6. The molecule has 2 bridgehead atoms. The molecule has 3 aliphatic rings. The number of nitrogens with zero attached hydrogens (tertiary/aromatic N) is 1. The Balaban J connectivity index is 0.00000182. The van der Waals surface area contributed by atoms with E-state index in [0.29, 0.717) is 35.9 Å². The summed E-state index contributed by atoms with van der Waals surface area (Å²) in [6.45, 7) is 4.44. The molecule has 4 unspecified atom stereocenters. The first kappa shape index (κ1) is 18.7. The number of halogens is 1. The second-order valence-corrected chi connectivity index (χ2v) is 8.48. The summed E-state index contributed by atoms with van der Waals surface area (Å²) in [6, 6.07) is 10.7. The van der Waals surface area contributed by atoms with Crippen molar-refractivity contribution in [1.82, 2.24) is 10.2 Å². The Hall–Kier alpha value is -1.06. The number of carbonyl (C=O) groups excluding carboxylic acids is 1. The standard InChI is InChI=1S/C21H30N2O.ClH/c1-13(2)14-4-6-15(7-5-14)19-12-20(19)21(24)23(3)18-10-16-8-9-17(11-18)22-16;/h4-7,13,16-20,22H,8-12H2,1-3H3;1H. The van der Waals surface area contributed by atoms with Crippen LogP contribution in [0.4, 0.5) is 0 Å². The van der Waals surface area contributed by atoms with Gasteiger partial charge in [-0.3, -0.25) is 4.79 Å². The average molecular weight is 363 g/mol. The lowest BCUT2D eigenvalue weighted by molar-refractivity contribution is -0.134. The van der Waals surface area contributed by atoms with Crippen molar-refractivity contribution in [2.75, 3.05) is 7.05 Å². The lowest BCUT2D eigenvalue weighted by atomic mass is 9.97. The van der Waals surface area contributed by atoms with Crippen LogP contribution in [0.5, 0.6) is 0 Å². The summed E-state index contributed by atoms with van der Waals surface area (Å²) in [7, 11) is 2.04. The van der Waals surface area contributed by atoms with Crippen LogP contribution in [0.15, 0.2) is 24.3 Å². The van der Waals surface area contributed by atoms with Gasteiger partial charge < -0.3 is 10.2 Å². The molecule has 0 radical (unpaired) electrons. The summed E-state index contributed by atoms with van der Waals surface area (Å²) in [5.41, 5.74) is 2.72. The van der Waals surface area contributed by atoms with Crippen LogP contribution in [0.2, 0.25) is 0 Å². The van der Waals surface area contributed by atoms with E-state index in [1.165, 1.54) is 24.0 Å². The van der Waals surface area contributed by atoms with Crippen LogP contribution >= 0.6 is 12.4 Å². The first-order valence-electron chi connectivity index (χ1n) is 9.65. The molecular weight excluding hydrogens is 332 g/mol. The molecule has 4 heteroatoms. The molecule has 0 aromatic heterocycles. The molecule has 1 N–H and O–H groups in total. The molecule has 0 spiro atoms. The lowest BCUT2D eigenvalue weighted by Gasteiger charge is -2.35. The minimum atomic E-state index is 0. The van der Waals surface area contributed by atoms with E-state index in [0.717, 1.165) is 19.3 Å². The van der Waals surface area contributed by atoms with E-state index < -0.39 is 0 Å². The monoisotopic (exact) mass is 362 g/mol. The minimum Gasteiger partial charge on any atom is -0.342 e. The van der Waals surface area contributed by atoms with Gasteiger partial charge in [0, 0.05) is 31.1 Å². The molecule has 1 aromatic rings. The maximum absolute atomic E-state index is 12.9. The van der Waals surface area contributed by atoms with E-state index in [-0.39, 0.29) is 18.3 Å². The molecule has 3 fully saturated rings. The fourth-order valence-electron chi connectivity index (χ4n) is 4.75. The predicted molar refractivity (Wildman–Crippen MR) is 104 cm³/mol. The van der Waals surface area contributed by atoms with Gasteiger partial charge in [-0.25, -0.2) is 0 Å². The molecule has 2 saturated heterocycles. The van der Waals surface area contributed by atoms with Crippen LogP contribution in [0.1, 0.15) is 68.9 Å². The number of piperidine rings is 1. The molecule has 138 valence electrons. The van der Waals surface area contributed by atoms with Gasteiger partial charge in [-0.15, -0.1) is 12.4 Å². The fourth-order valence-corrected chi connectivity index (χ4v) is 4.75. The van der Waals surface area contributed by atoms with Crippen LogP contribution in [-0.2, 0) is 4.79 Å². The topological polar surface area (TPSA) is 32.3 Å². The Kier molecular flexibility index (Phi) is 5.45. The Morgan fingerprint density at radius 3 is 2.24 bits per heavy atom. The number of benzene rings is 1. The number of amides is 1. The second-order valence-electron chi connectivity index (χ2n) is 8.48. The first-order valence-corrected chi connectivity index (χ1v) is 9.65. The Bertz CT molecular complexity index is 603. The van der Waals surface area contributed by atoms with E-state index >= 15 is 0 Å². The van der Waals surface area contributed by atoms with Crippen LogP contribution in [-0.4, -0.2) is 36.0 Å². The van der Waals surface area contributed by atoms with Crippen LogP contribution in [0.3, 0.4) is 0 Å². The number of nitrogens with one attached hydrogen (secondary N) is 1. The average Bonchev–Trinajstić information content (AvgIpc) is 3.32. The number of carbonyl (C=O) groups is 1. The molecular formula is C21H31ClN2O. The molecule has 2 heterocycles. The Labute approximate surface area is 158 Å². The zero-order chi connectivity index (χ0) is 16.8. The summed E-state index contributed by atoms with van der Waals surface area (Å²) < 4.78 is 0. The summed E-state index contributed by atoms with van der Waals surface area (Å²) in [6.07, 6.45) is 5.88. The Morgan fingerprint density at radius 2 is 1.68 bits per heavy atom. The van der Waals surface area contributed by atoms with Gasteiger partial charge >= 0.3 is 0 Å². The largest absolute Gasteiger partial charge is 0.342 e. The summed E-state index contributed by atoms with van der Waals surface area (Å²) >= 11 is 0. The Morgan fingerprint density at radius 1 is 1.08 bits per heavy atom. The molecule has 1 amide bonds. The van der Waals surface area contributed by atoms with Crippen molar-refractivity contribution >= 4 is 18.3 Å². The highest BCUT2D eigenvalue weighted by Crippen LogP contribution is 2.49. The minimum absolute atomic E-state index is 0. The molecule has 1 aliphatic carbocycles. The normalized spacial score (nSPS) is 33.0. The maximum atomic E-state index is 12.9. The van der Waals surface area contributed by atoms with Gasteiger partial charge in [0.05, 0.1) is 0 Å². The van der Waals surface area contributed by atoms with Gasteiger partial charge in [0.2, 0.25) is 5.91 Å². The smallest absolute Gasteiger partial charge is 0.226 e. The maximum Gasteiger partial charge on any atom is 0.226 e. The van der Waals surface area contributed by atoms with E-state index in [9.17, 15) is 4.79 Å². The van der Waals surface area contributed by atoms with Crippen molar-refractivity contribution < 1.29 is 4.79 Å². The van der Waals surface area contributed by atoms with Crippen LogP contribution < -0.4 is 5.32 Å². The highest BCUT2D eigenvalue weighted by Gasteiger charge is 2.47. The summed E-state index contributed by atoms with van der Waals surface area (Å²) in [5.74, 6) is 1.60. The summed E-state index contributed by atoms with van der Waals surface area (Å²) in [5, 5.41) is 3.67. The van der Waals surface area contributed by atoms with Crippen molar-refractivity contribution in [3.63, 3.8) is 0 Å². The SMILES string of the molecule is CC(C)c1ccc(C2CC2C(=O)N(C)C2CC3CCC(C2)N3)cc1.Cl. The molecule has 4 atom stereocenters. The van der Waals surface area contributed by atoms with Crippen molar-refractivity contribution in [3.8, 4) is 0 Å². The second kappa shape index (κ2) is 7.28. The van der Waals surface area contributed by atoms with E-state index in [1.807, 2.05) is 7.05 Å².